The number of aryl methyl sites for hydroxylation is 1. The lowest BCUT2D eigenvalue weighted by Crippen LogP contribution is -2.24. The summed E-state index contributed by atoms with van der Waals surface area (Å²) in [5.74, 6) is -0.420. The first-order valence-electron chi connectivity index (χ1n) is 7.77. The number of benzene rings is 2. The van der Waals surface area contributed by atoms with Gasteiger partial charge in [0.1, 0.15) is 0 Å². The predicted molar refractivity (Wildman–Crippen MR) is 104 cm³/mol. The van der Waals surface area contributed by atoms with Gasteiger partial charge in [-0.2, -0.15) is 0 Å². The Morgan fingerprint density at radius 1 is 0.800 bits per heavy atom. The standard InChI is InChI=1S/C19H12N2O2S2/c1-9-4-11-6-15-13(8-17(11)25-9)19(23)20-14-5-10-2-3-24-16(10)7-12(14)18(22)21-15/h2-8H,1H3,(H,20,23)(H,21,22). The number of carbonyl (C=O) groups is 2. The monoisotopic (exact) mass is 364 g/mol. The summed E-state index contributed by atoms with van der Waals surface area (Å²) in [4.78, 5) is 26.7. The molecule has 0 atom stereocenters. The van der Waals surface area contributed by atoms with Gasteiger partial charge in [-0.05, 0) is 59.5 Å². The highest BCUT2D eigenvalue weighted by molar-refractivity contribution is 7.19. The van der Waals surface area contributed by atoms with Crippen LogP contribution in [0, 0.1) is 6.92 Å². The predicted octanol–water partition coefficient (Wildman–Crippen LogP) is 5.24. The zero-order valence-corrected chi connectivity index (χ0v) is 14.8. The molecular formula is C19H12N2O2S2. The molecule has 0 unspecified atom stereocenters. The molecule has 1 aliphatic heterocycles. The molecule has 0 spiro atoms. The summed E-state index contributed by atoms with van der Waals surface area (Å²) in [6, 6.07) is 11.5. The maximum absolute atomic E-state index is 12.8. The van der Waals surface area contributed by atoms with Crippen molar-refractivity contribution in [2.24, 2.45) is 0 Å². The second-order valence-corrected chi connectivity index (χ2v) is 8.29. The smallest absolute Gasteiger partial charge is 0.257 e. The summed E-state index contributed by atoms with van der Waals surface area (Å²) in [7, 11) is 0. The Hall–Kier alpha value is -2.70. The molecule has 4 nitrogen and oxygen atoms in total. The second-order valence-electron chi connectivity index (χ2n) is 6.06. The fourth-order valence-electron chi connectivity index (χ4n) is 3.19. The van der Waals surface area contributed by atoms with E-state index in [-0.39, 0.29) is 11.8 Å². The summed E-state index contributed by atoms with van der Waals surface area (Å²) < 4.78 is 2.06. The lowest BCUT2D eigenvalue weighted by molar-refractivity contribution is 0.102. The number of fused-ring (bicyclic) bond motifs is 4. The van der Waals surface area contributed by atoms with Crippen LogP contribution in [0.4, 0.5) is 11.4 Å². The first-order valence-corrected chi connectivity index (χ1v) is 9.46. The van der Waals surface area contributed by atoms with Gasteiger partial charge in [0.25, 0.3) is 11.8 Å². The molecule has 2 aromatic heterocycles. The molecule has 6 heteroatoms. The van der Waals surface area contributed by atoms with Crippen molar-refractivity contribution < 1.29 is 9.59 Å². The number of amides is 2. The van der Waals surface area contributed by atoms with Crippen molar-refractivity contribution in [3.63, 3.8) is 0 Å². The minimum absolute atomic E-state index is 0.209. The van der Waals surface area contributed by atoms with Crippen molar-refractivity contribution >= 4 is 66.0 Å². The van der Waals surface area contributed by atoms with Gasteiger partial charge >= 0.3 is 0 Å². The molecule has 0 saturated heterocycles. The lowest BCUT2D eigenvalue weighted by Gasteiger charge is -2.18. The molecule has 0 aliphatic carbocycles. The van der Waals surface area contributed by atoms with Crippen LogP contribution in [0.2, 0.25) is 0 Å². The number of hydrogen-bond acceptors (Lipinski definition) is 4. The van der Waals surface area contributed by atoms with Crippen LogP contribution in [0.15, 0.2) is 41.8 Å². The SMILES string of the molecule is Cc1cc2cc3c(cc2s1)C(=O)Nc1cc2ccsc2cc1C(=O)N3. The van der Waals surface area contributed by atoms with Crippen LogP contribution in [-0.2, 0) is 0 Å². The van der Waals surface area contributed by atoms with Crippen molar-refractivity contribution in [3.05, 3.63) is 57.8 Å². The van der Waals surface area contributed by atoms with Gasteiger partial charge in [-0.25, -0.2) is 0 Å². The average molecular weight is 364 g/mol. The van der Waals surface area contributed by atoms with E-state index in [9.17, 15) is 9.59 Å². The van der Waals surface area contributed by atoms with E-state index < -0.39 is 0 Å². The van der Waals surface area contributed by atoms with Crippen LogP contribution in [0.3, 0.4) is 0 Å². The maximum atomic E-state index is 12.8. The van der Waals surface area contributed by atoms with Crippen LogP contribution in [-0.4, -0.2) is 11.8 Å². The highest BCUT2D eigenvalue weighted by Crippen LogP contribution is 2.34. The van der Waals surface area contributed by atoms with Crippen LogP contribution < -0.4 is 10.6 Å². The Bertz CT molecular complexity index is 1200. The largest absolute Gasteiger partial charge is 0.321 e. The van der Waals surface area contributed by atoms with E-state index >= 15 is 0 Å². The summed E-state index contributed by atoms with van der Waals surface area (Å²) in [6.07, 6.45) is 0. The van der Waals surface area contributed by atoms with E-state index in [1.54, 1.807) is 22.7 Å². The quantitative estimate of drug-likeness (QED) is 0.448. The van der Waals surface area contributed by atoms with E-state index in [1.807, 2.05) is 42.6 Å². The Morgan fingerprint density at radius 2 is 1.44 bits per heavy atom. The third-order valence-electron chi connectivity index (χ3n) is 4.36. The molecule has 122 valence electrons. The molecule has 2 N–H and O–H groups in total. The molecule has 4 aromatic rings. The molecule has 0 saturated carbocycles. The van der Waals surface area contributed by atoms with Gasteiger partial charge in [-0.3, -0.25) is 9.59 Å². The molecular weight excluding hydrogens is 352 g/mol. The van der Waals surface area contributed by atoms with Crippen LogP contribution >= 0.6 is 22.7 Å². The van der Waals surface area contributed by atoms with Gasteiger partial charge in [-0.15, -0.1) is 22.7 Å². The van der Waals surface area contributed by atoms with Crippen molar-refractivity contribution in [1.82, 2.24) is 0 Å². The third-order valence-corrected chi connectivity index (χ3v) is 6.25. The van der Waals surface area contributed by atoms with Crippen LogP contribution in [0.5, 0.6) is 0 Å². The Morgan fingerprint density at radius 3 is 2.16 bits per heavy atom. The molecule has 3 heterocycles. The Balaban J connectivity index is 1.72. The lowest BCUT2D eigenvalue weighted by atomic mass is 10.0. The normalized spacial score (nSPS) is 13.8. The average Bonchev–Trinajstić information content (AvgIpc) is 3.16. The maximum Gasteiger partial charge on any atom is 0.257 e. The number of anilines is 2. The molecule has 1 aliphatic rings. The highest BCUT2D eigenvalue weighted by atomic mass is 32.1. The molecule has 2 aromatic carbocycles. The van der Waals surface area contributed by atoms with Gasteiger partial charge in [0, 0.05) is 14.3 Å². The van der Waals surface area contributed by atoms with Crippen molar-refractivity contribution in [3.8, 4) is 0 Å². The molecule has 0 fully saturated rings. The van der Waals surface area contributed by atoms with Crippen molar-refractivity contribution in [2.75, 3.05) is 10.6 Å². The van der Waals surface area contributed by atoms with Gasteiger partial charge < -0.3 is 10.6 Å². The summed E-state index contributed by atoms with van der Waals surface area (Å²) in [6.45, 7) is 2.03. The molecule has 0 radical (unpaired) electrons. The molecule has 5 rings (SSSR count). The highest BCUT2D eigenvalue weighted by Gasteiger charge is 2.23. The minimum Gasteiger partial charge on any atom is -0.321 e. The first kappa shape index (κ1) is 14.6. The minimum atomic E-state index is -0.210. The summed E-state index contributed by atoms with van der Waals surface area (Å²) in [5.41, 5.74) is 2.06. The van der Waals surface area contributed by atoms with E-state index in [1.165, 1.54) is 4.88 Å². The molecule has 25 heavy (non-hydrogen) atoms. The van der Waals surface area contributed by atoms with Gasteiger partial charge in [0.05, 0.1) is 22.5 Å². The number of nitrogens with one attached hydrogen (secondary N) is 2. The van der Waals surface area contributed by atoms with Crippen LogP contribution in [0.25, 0.3) is 20.2 Å². The van der Waals surface area contributed by atoms with E-state index in [0.717, 1.165) is 20.2 Å². The summed E-state index contributed by atoms with van der Waals surface area (Å²) in [5, 5.41) is 9.85. The van der Waals surface area contributed by atoms with Crippen molar-refractivity contribution in [2.45, 2.75) is 6.92 Å². The zero-order valence-electron chi connectivity index (χ0n) is 13.2. The summed E-state index contributed by atoms with van der Waals surface area (Å²) >= 11 is 3.21. The number of thiophene rings is 2. The number of hydrogen-bond donors (Lipinski definition) is 2. The topological polar surface area (TPSA) is 58.2 Å². The fourth-order valence-corrected chi connectivity index (χ4v) is 4.95. The number of carbonyl (C=O) groups excluding carboxylic acids is 2. The van der Waals surface area contributed by atoms with E-state index in [4.69, 9.17) is 0 Å². The zero-order chi connectivity index (χ0) is 17.1. The van der Waals surface area contributed by atoms with E-state index in [0.29, 0.717) is 22.5 Å². The van der Waals surface area contributed by atoms with Crippen LogP contribution in [0.1, 0.15) is 25.6 Å². The second kappa shape index (κ2) is 5.15. The Labute approximate surface area is 151 Å². The molecule has 2 amide bonds. The van der Waals surface area contributed by atoms with Gasteiger partial charge in [-0.1, -0.05) is 0 Å². The van der Waals surface area contributed by atoms with Gasteiger partial charge in [0.2, 0.25) is 0 Å². The fraction of sp³-hybridized carbons (Fsp3) is 0.0526. The Kier molecular flexibility index (Phi) is 3.01. The first-order chi connectivity index (χ1) is 12.1. The molecule has 0 bridgehead atoms. The number of rotatable bonds is 0. The van der Waals surface area contributed by atoms with Gasteiger partial charge in [0.15, 0.2) is 0 Å². The van der Waals surface area contributed by atoms with E-state index in [2.05, 4.69) is 16.7 Å². The van der Waals surface area contributed by atoms with Crippen molar-refractivity contribution in [1.29, 1.82) is 0 Å². The third kappa shape index (κ3) is 2.26.